The number of halogens is 3. The first-order chi connectivity index (χ1) is 9.60. The molecule has 0 aliphatic rings. The van der Waals surface area contributed by atoms with Gasteiger partial charge in [-0.15, -0.1) is 0 Å². The number of carbonyl (C=O) groups excluding carboxylic acids is 1. The lowest BCUT2D eigenvalue weighted by Gasteiger charge is -2.30. The van der Waals surface area contributed by atoms with Gasteiger partial charge in [0.2, 0.25) is 5.91 Å². The number of aromatic nitrogens is 2. The Kier molecular flexibility index (Phi) is 5.38. The number of nitrogens with two attached hydrogens (primary N) is 1. The van der Waals surface area contributed by atoms with Crippen LogP contribution in [0.25, 0.3) is 0 Å². The van der Waals surface area contributed by atoms with E-state index in [2.05, 4.69) is 10.4 Å². The third-order valence-corrected chi connectivity index (χ3v) is 3.36. The highest BCUT2D eigenvalue weighted by Gasteiger charge is 2.36. The Labute approximate surface area is 121 Å². The topological polar surface area (TPSA) is 72.9 Å². The number of hydrogen-bond donors (Lipinski definition) is 2. The molecule has 0 saturated heterocycles. The second-order valence-corrected chi connectivity index (χ2v) is 5.36. The molecule has 5 nitrogen and oxygen atoms in total. The molecule has 0 aliphatic carbocycles. The van der Waals surface area contributed by atoms with Gasteiger partial charge < -0.3 is 11.1 Å². The molecular formula is C13H21F3N4O. The summed E-state index contributed by atoms with van der Waals surface area (Å²) in [4.78, 5) is 11.6. The van der Waals surface area contributed by atoms with Crippen LogP contribution in [0.4, 0.5) is 13.2 Å². The molecule has 8 heteroatoms. The van der Waals surface area contributed by atoms with Crippen molar-refractivity contribution in [2.24, 2.45) is 5.73 Å². The zero-order valence-corrected chi connectivity index (χ0v) is 12.4. The van der Waals surface area contributed by atoms with E-state index in [1.165, 1.54) is 10.9 Å². The molecule has 21 heavy (non-hydrogen) atoms. The number of hydrogen-bond acceptors (Lipinski definition) is 3. The van der Waals surface area contributed by atoms with E-state index in [9.17, 15) is 18.0 Å². The largest absolute Gasteiger partial charge is 0.435 e. The summed E-state index contributed by atoms with van der Waals surface area (Å²) in [6, 6.07) is 0.514. The van der Waals surface area contributed by atoms with Crippen molar-refractivity contribution >= 4 is 5.91 Å². The molecule has 1 aromatic heterocycles. The molecule has 3 N–H and O–H groups in total. The molecule has 0 aliphatic heterocycles. The average Bonchev–Trinajstić information content (AvgIpc) is 2.85. The lowest BCUT2D eigenvalue weighted by molar-refractivity contribution is -0.141. The van der Waals surface area contributed by atoms with Crippen LogP contribution in [0.2, 0.25) is 0 Å². The molecule has 1 rings (SSSR count). The number of nitrogens with one attached hydrogen (secondary N) is 1. The number of amides is 1. The van der Waals surface area contributed by atoms with E-state index in [1.54, 1.807) is 13.8 Å². The van der Waals surface area contributed by atoms with Gasteiger partial charge in [-0.2, -0.15) is 18.3 Å². The molecule has 0 saturated carbocycles. The van der Waals surface area contributed by atoms with Gasteiger partial charge in [0.1, 0.15) is 0 Å². The summed E-state index contributed by atoms with van der Waals surface area (Å²) in [7, 11) is 0. The molecule has 0 radical (unpaired) electrons. The maximum absolute atomic E-state index is 12.5. The Hall–Kier alpha value is -1.57. The predicted molar refractivity (Wildman–Crippen MR) is 72.5 cm³/mol. The van der Waals surface area contributed by atoms with Crippen molar-refractivity contribution in [2.45, 2.75) is 51.4 Å². The minimum atomic E-state index is -4.47. The summed E-state index contributed by atoms with van der Waals surface area (Å²) in [6.07, 6.45) is -2.15. The van der Waals surface area contributed by atoms with Crippen LogP contribution in [0.15, 0.2) is 12.3 Å². The summed E-state index contributed by atoms with van der Waals surface area (Å²) in [5.41, 5.74) is 3.47. The van der Waals surface area contributed by atoms with Crippen molar-refractivity contribution in [3.05, 3.63) is 18.0 Å². The van der Waals surface area contributed by atoms with E-state index in [4.69, 9.17) is 5.73 Å². The quantitative estimate of drug-likeness (QED) is 0.810. The zero-order valence-electron chi connectivity index (χ0n) is 12.4. The van der Waals surface area contributed by atoms with Crippen molar-refractivity contribution in [1.82, 2.24) is 15.1 Å². The van der Waals surface area contributed by atoms with Gasteiger partial charge >= 0.3 is 6.18 Å². The third kappa shape index (κ3) is 4.45. The maximum Gasteiger partial charge on any atom is 0.435 e. The molecule has 0 fully saturated rings. The van der Waals surface area contributed by atoms with Crippen molar-refractivity contribution in [3.8, 4) is 0 Å². The summed E-state index contributed by atoms with van der Waals surface area (Å²) in [5.74, 6) is -0.536. The number of nitrogens with zero attached hydrogens (tertiary/aromatic N) is 2. The van der Waals surface area contributed by atoms with Crippen molar-refractivity contribution in [1.29, 1.82) is 0 Å². The smallest absolute Gasteiger partial charge is 0.368 e. The van der Waals surface area contributed by atoms with Gasteiger partial charge in [0.05, 0.1) is 11.6 Å². The molecule has 1 aromatic rings. The molecule has 1 heterocycles. The van der Waals surface area contributed by atoms with Crippen LogP contribution >= 0.6 is 0 Å². The second kappa shape index (κ2) is 6.46. The Morgan fingerprint density at radius 1 is 1.52 bits per heavy atom. The Morgan fingerprint density at radius 3 is 2.57 bits per heavy atom. The van der Waals surface area contributed by atoms with Crippen LogP contribution in [-0.4, -0.2) is 27.8 Å². The Bertz CT molecular complexity index is 486. The molecule has 2 unspecified atom stereocenters. The van der Waals surface area contributed by atoms with Crippen LogP contribution in [0.3, 0.4) is 0 Å². The lowest BCUT2D eigenvalue weighted by Crippen LogP contribution is -2.54. The van der Waals surface area contributed by atoms with Crippen LogP contribution in [-0.2, 0) is 11.0 Å². The van der Waals surface area contributed by atoms with Gasteiger partial charge in [-0.1, -0.05) is 6.92 Å². The summed E-state index contributed by atoms with van der Waals surface area (Å²) in [6.45, 7) is 5.89. The molecular weight excluding hydrogens is 285 g/mol. The van der Waals surface area contributed by atoms with Crippen LogP contribution in [0, 0.1) is 0 Å². The van der Waals surface area contributed by atoms with Crippen LogP contribution in [0.1, 0.15) is 45.3 Å². The molecule has 2 atom stereocenters. The summed E-state index contributed by atoms with van der Waals surface area (Å²) in [5, 5.41) is 6.56. The number of alkyl halides is 3. The highest BCUT2D eigenvalue weighted by Crippen LogP contribution is 2.29. The fourth-order valence-corrected chi connectivity index (χ4v) is 2.08. The third-order valence-electron chi connectivity index (χ3n) is 3.36. The number of carbonyl (C=O) groups is 1. The highest BCUT2D eigenvalue weighted by molar-refractivity contribution is 5.84. The van der Waals surface area contributed by atoms with Gasteiger partial charge in [-0.3, -0.25) is 9.48 Å². The zero-order chi connectivity index (χ0) is 16.3. The fraction of sp³-hybridized carbons (Fsp3) is 0.692. The monoisotopic (exact) mass is 306 g/mol. The standard InChI is InChI=1S/C13H21F3N4O/c1-4-6-18-12(3,11(17)21)8-9(2)20-7-5-10(19-20)13(14,15)16/h5,7,9,18H,4,6,8H2,1-3H3,(H2,17,21). The van der Waals surface area contributed by atoms with E-state index in [0.29, 0.717) is 6.54 Å². The maximum atomic E-state index is 12.5. The lowest BCUT2D eigenvalue weighted by atomic mass is 9.92. The fourth-order valence-electron chi connectivity index (χ4n) is 2.08. The normalized spacial score (nSPS) is 16.5. The van der Waals surface area contributed by atoms with Gasteiger partial charge in [0.15, 0.2) is 5.69 Å². The van der Waals surface area contributed by atoms with E-state index >= 15 is 0 Å². The second-order valence-electron chi connectivity index (χ2n) is 5.36. The van der Waals surface area contributed by atoms with Crippen LogP contribution in [0.5, 0.6) is 0 Å². The van der Waals surface area contributed by atoms with Crippen LogP contribution < -0.4 is 11.1 Å². The van der Waals surface area contributed by atoms with E-state index in [1.807, 2.05) is 6.92 Å². The van der Waals surface area contributed by atoms with Crippen molar-refractivity contribution < 1.29 is 18.0 Å². The Morgan fingerprint density at radius 2 is 2.14 bits per heavy atom. The van der Waals surface area contributed by atoms with Gasteiger partial charge in [0.25, 0.3) is 0 Å². The summed E-state index contributed by atoms with van der Waals surface area (Å²) >= 11 is 0. The van der Waals surface area contributed by atoms with Gasteiger partial charge in [-0.25, -0.2) is 0 Å². The predicted octanol–water partition coefficient (Wildman–Crippen LogP) is 2.10. The van der Waals surface area contributed by atoms with E-state index in [-0.39, 0.29) is 6.42 Å². The van der Waals surface area contributed by atoms with E-state index < -0.39 is 29.4 Å². The minimum absolute atomic E-state index is 0.251. The molecule has 120 valence electrons. The molecule has 0 bridgehead atoms. The van der Waals surface area contributed by atoms with E-state index in [0.717, 1.165) is 12.5 Å². The Balaban J connectivity index is 2.85. The SMILES string of the molecule is CCCNC(C)(CC(C)n1ccc(C(F)(F)F)n1)C(N)=O. The number of rotatable bonds is 7. The highest BCUT2D eigenvalue weighted by atomic mass is 19.4. The minimum Gasteiger partial charge on any atom is -0.368 e. The van der Waals surface area contributed by atoms with Gasteiger partial charge in [0, 0.05) is 6.20 Å². The summed E-state index contributed by atoms with van der Waals surface area (Å²) < 4.78 is 38.8. The number of primary amides is 1. The molecule has 0 aromatic carbocycles. The first-order valence-corrected chi connectivity index (χ1v) is 6.77. The average molecular weight is 306 g/mol. The first-order valence-electron chi connectivity index (χ1n) is 6.77. The van der Waals surface area contributed by atoms with Gasteiger partial charge in [-0.05, 0) is 39.3 Å². The molecule has 0 spiro atoms. The molecule has 1 amide bonds. The first kappa shape index (κ1) is 17.5. The van der Waals surface area contributed by atoms with Crippen molar-refractivity contribution in [3.63, 3.8) is 0 Å². The van der Waals surface area contributed by atoms with Crippen molar-refractivity contribution in [2.75, 3.05) is 6.54 Å².